The van der Waals surface area contributed by atoms with Crippen LogP contribution >= 0.6 is 11.3 Å². The molecule has 0 aliphatic carbocycles. The lowest BCUT2D eigenvalue weighted by molar-refractivity contribution is -0.885. The Morgan fingerprint density at radius 2 is 2.14 bits per heavy atom. The van der Waals surface area contributed by atoms with Crippen LogP contribution < -0.4 is 14.5 Å². The summed E-state index contributed by atoms with van der Waals surface area (Å²) in [4.78, 5) is 17.7. The average molecular weight is 424 g/mol. The van der Waals surface area contributed by atoms with Crippen molar-refractivity contribution in [2.45, 2.75) is 32.9 Å². The number of aromatic nitrogens is 1. The molecule has 1 aromatic carbocycles. The number of anilines is 1. The van der Waals surface area contributed by atoms with Gasteiger partial charge in [-0.15, -0.1) is 11.3 Å². The number of rotatable bonds is 7. The molecule has 1 aromatic heterocycles. The predicted molar refractivity (Wildman–Crippen MR) is 112 cm³/mol. The Hall–Kier alpha value is -1.97. The predicted octanol–water partition coefficient (Wildman–Crippen LogP) is 0.672. The maximum atomic E-state index is 11.9. The molecular weight excluding hydrogens is 396 g/mol. The number of amides is 1. The Balaban J connectivity index is 1.69. The number of likely N-dealkylation sites (N-methyl/N-ethyl adjacent to an activating group) is 1. The van der Waals surface area contributed by atoms with Crippen LogP contribution in [0.5, 0.6) is 0 Å². The number of fused-ring (bicyclic) bond motifs is 1. The molecular formula is C19H27N4O3S2+. The summed E-state index contributed by atoms with van der Waals surface area (Å²) in [5.74, 6) is 0.0401. The van der Waals surface area contributed by atoms with Crippen molar-refractivity contribution in [1.82, 2.24) is 10.3 Å². The molecule has 0 radical (unpaired) electrons. The highest BCUT2D eigenvalue weighted by molar-refractivity contribution is 7.92. The van der Waals surface area contributed by atoms with E-state index >= 15 is 0 Å². The smallest absolute Gasteiger partial charge is 0.275 e. The lowest BCUT2D eigenvalue weighted by Gasteiger charge is -2.16. The first-order chi connectivity index (χ1) is 13.1. The van der Waals surface area contributed by atoms with Crippen LogP contribution in [0.4, 0.5) is 5.69 Å². The fraction of sp³-hybridized carbons (Fsp3) is 0.474. The molecule has 152 valence electrons. The van der Waals surface area contributed by atoms with Crippen LogP contribution in [-0.2, 0) is 27.8 Å². The zero-order chi connectivity index (χ0) is 20.5. The maximum Gasteiger partial charge on any atom is 0.275 e. The Morgan fingerprint density at radius 3 is 2.82 bits per heavy atom. The van der Waals surface area contributed by atoms with Gasteiger partial charge < -0.3 is 10.2 Å². The summed E-state index contributed by atoms with van der Waals surface area (Å²) in [5, 5.41) is 5.90. The molecule has 1 aliphatic heterocycles. The van der Waals surface area contributed by atoms with Gasteiger partial charge in [-0.1, -0.05) is 6.07 Å². The van der Waals surface area contributed by atoms with Gasteiger partial charge in [-0.3, -0.25) is 9.10 Å². The molecule has 0 fully saturated rings. The van der Waals surface area contributed by atoms with E-state index in [0.717, 1.165) is 32.4 Å². The Kier molecular flexibility index (Phi) is 6.07. The standard InChI is InChI=1S/C19H26N4O3S2/c1-13(2)20-18(24)10-22(3)11-19-21-16(12-27-19)14-5-6-17-15(9-14)7-8-23(17)28(4,25)26/h5-6,9,12-13H,7-8,10-11H2,1-4H3,(H,20,24)/p+1. The van der Waals surface area contributed by atoms with Crippen molar-refractivity contribution in [3.05, 3.63) is 34.2 Å². The minimum absolute atomic E-state index is 0.0401. The quantitative estimate of drug-likeness (QED) is 0.686. The lowest BCUT2D eigenvalue weighted by Crippen LogP contribution is -3.09. The van der Waals surface area contributed by atoms with Gasteiger partial charge in [0.1, 0.15) is 11.6 Å². The summed E-state index contributed by atoms with van der Waals surface area (Å²) in [6, 6.07) is 5.97. The van der Waals surface area contributed by atoms with Gasteiger partial charge in [0.05, 0.1) is 24.7 Å². The van der Waals surface area contributed by atoms with E-state index in [1.165, 1.54) is 10.6 Å². The first kappa shape index (κ1) is 20.8. The average Bonchev–Trinajstić information content (AvgIpc) is 3.19. The number of sulfonamides is 1. The summed E-state index contributed by atoms with van der Waals surface area (Å²) in [5.41, 5.74) is 3.68. The summed E-state index contributed by atoms with van der Waals surface area (Å²) in [6.45, 7) is 5.49. The van der Waals surface area contributed by atoms with Gasteiger partial charge >= 0.3 is 0 Å². The highest BCUT2D eigenvalue weighted by atomic mass is 32.2. The molecule has 28 heavy (non-hydrogen) atoms. The highest BCUT2D eigenvalue weighted by Crippen LogP contribution is 2.33. The summed E-state index contributed by atoms with van der Waals surface area (Å²) in [6.07, 6.45) is 1.95. The van der Waals surface area contributed by atoms with E-state index in [2.05, 4.69) is 5.32 Å². The van der Waals surface area contributed by atoms with Crippen LogP contribution in [0.3, 0.4) is 0 Å². The van der Waals surface area contributed by atoms with Crippen molar-refractivity contribution in [2.24, 2.45) is 0 Å². The second-order valence-corrected chi connectivity index (χ2v) is 10.4. The fourth-order valence-electron chi connectivity index (χ4n) is 3.37. The number of carbonyl (C=O) groups excluding carboxylic acids is 1. The largest absolute Gasteiger partial charge is 0.349 e. The van der Waals surface area contributed by atoms with Gasteiger partial charge in [0, 0.05) is 23.5 Å². The van der Waals surface area contributed by atoms with Crippen molar-refractivity contribution in [1.29, 1.82) is 0 Å². The summed E-state index contributed by atoms with van der Waals surface area (Å²) in [7, 11) is -1.25. The van der Waals surface area contributed by atoms with Crippen LogP contribution in [-0.4, -0.2) is 51.7 Å². The van der Waals surface area contributed by atoms with Crippen LogP contribution in [0.15, 0.2) is 23.6 Å². The molecule has 1 aliphatic rings. The number of thiazole rings is 1. The van der Waals surface area contributed by atoms with E-state index in [1.54, 1.807) is 11.3 Å². The number of nitrogens with one attached hydrogen (secondary N) is 2. The lowest BCUT2D eigenvalue weighted by atomic mass is 10.1. The molecule has 2 N–H and O–H groups in total. The molecule has 1 amide bonds. The number of carbonyl (C=O) groups is 1. The van der Waals surface area contributed by atoms with E-state index in [0.29, 0.717) is 26.1 Å². The molecule has 0 spiro atoms. The number of hydrogen-bond acceptors (Lipinski definition) is 5. The van der Waals surface area contributed by atoms with Crippen molar-refractivity contribution < 1.29 is 18.1 Å². The molecule has 0 bridgehead atoms. The molecule has 2 aromatic rings. The summed E-state index contributed by atoms with van der Waals surface area (Å²) < 4.78 is 25.2. The van der Waals surface area contributed by atoms with E-state index in [1.807, 2.05) is 44.5 Å². The Morgan fingerprint density at radius 1 is 1.39 bits per heavy atom. The zero-order valence-corrected chi connectivity index (χ0v) is 18.3. The van der Waals surface area contributed by atoms with E-state index in [-0.39, 0.29) is 11.9 Å². The third-order valence-corrected chi connectivity index (χ3v) is 6.57. The first-order valence-electron chi connectivity index (χ1n) is 9.29. The van der Waals surface area contributed by atoms with Crippen molar-refractivity contribution in [3.8, 4) is 11.3 Å². The number of nitrogens with zero attached hydrogens (tertiary/aromatic N) is 2. The Bertz CT molecular complexity index is 969. The normalized spacial score (nSPS) is 15.0. The van der Waals surface area contributed by atoms with Crippen LogP contribution in [0.1, 0.15) is 24.4 Å². The number of benzene rings is 1. The zero-order valence-electron chi connectivity index (χ0n) is 16.7. The van der Waals surface area contributed by atoms with Gasteiger partial charge in [-0.25, -0.2) is 13.4 Å². The molecule has 1 atom stereocenters. The van der Waals surface area contributed by atoms with Gasteiger partial charge in [-0.2, -0.15) is 0 Å². The van der Waals surface area contributed by atoms with Crippen molar-refractivity contribution in [2.75, 3.05) is 30.7 Å². The van der Waals surface area contributed by atoms with E-state index < -0.39 is 10.0 Å². The molecule has 7 nitrogen and oxygen atoms in total. The monoisotopic (exact) mass is 423 g/mol. The molecule has 2 heterocycles. The van der Waals surface area contributed by atoms with Gasteiger partial charge in [0.2, 0.25) is 10.0 Å². The second kappa shape index (κ2) is 8.18. The van der Waals surface area contributed by atoms with Gasteiger partial charge in [-0.05, 0) is 38.0 Å². The fourth-order valence-corrected chi connectivity index (χ4v) is 5.24. The maximum absolute atomic E-state index is 11.9. The third kappa shape index (κ3) is 4.89. The SMILES string of the molecule is CC(C)NC(=O)C[NH+](C)Cc1nc(-c2ccc3c(c2)CCN3S(C)(=O)=O)cs1. The second-order valence-electron chi connectivity index (χ2n) is 7.59. The topological polar surface area (TPSA) is 83.8 Å². The molecule has 9 heteroatoms. The minimum Gasteiger partial charge on any atom is -0.349 e. The van der Waals surface area contributed by atoms with Gasteiger partial charge in [0.25, 0.3) is 5.91 Å². The van der Waals surface area contributed by atoms with E-state index in [4.69, 9.17) is 4.98 Å². The van der Waals surface area contributed by atoms with Crippen LogP contribution in [0.25, 0.3) is 11.3 Å². The van der Waals surface area contributed by atoms with Gasteiger partial charge in [0.15, 0.2) is 6.54 Å². The van der Waals surface area contributed by atoms with E-state index in [9.17, 15) is 13.2 Å². The summed E-state index contributed by atoms with van der Waals surface area (Å²) >= 11 is 1.58. The first-order valence-corrected chi connectivity index (χ1v) is 12.0. The molecule has 0 saturated heterocycles. The number of hydrogen-bond donors (Lipinski definition) is 2. The molecule has 1 unspecified atom stereocenters. The molecule has 3 rings (SSSR count). The highest BCUT2D eigenvalue weighted by Gasteiger charge is 2.26. The molecule has 0 saturated carbocycles. The Labute approximate surface area is 170 Å². The van der Waals surface area contributed by atoms with Crippen molar-refractivity contribution in [3.63, 3.8) is 0 Å². The van der Waals surface area contributed by atoms with Crippen LogP contribution in [0.2, 0.25) is 0 Å². The third-order valence-electron chi connectivity index (χ3n) is 4.55. The number of quaternary nitrogens is 1. The van der Waals surface area contributed by atoms with Crippen LogP contribution in [0, 0.1) is 0 Å². The minimum atomic E-state index is -3.24. The van der Waals surface area contributed by atoms with Crippen molar-refractivity contribution >= 4 is 33.0 Å².